The summed E-state index contributed by atoms with van der Waals surface area (Å²) in [4.78, 5) is 0. The number of hydrogen-bond acceptors (Lipinski definition) is 2. The van der Waals surface area contributed by atoms with Crippen molar-refractivity contribution in [1.82, 2.24) is 15.1 Å². The van der Waals surface area contributed by atoms with Gasteiger partial charge in [-0.05, 0) is 44.2 Å². The fourth-order valence-corrected chi connectivity index (χ4v) is 2.99. The van der Waals surface area contributed by atoms with Crippen molar-refractivity contribution < 1.29 is 0 Å². The van der Waals surface area contributed by atoms with Gasteiger partial charge < -0.3 is 5.32 Å². The van der Waals surface area contributed by atoms with E-state index in [0.717, 1.165) is 18.9 Å². The SMILES string of the molecule is CC(CCc1ccn(C2CCCCC2)n1)CNC(C)C. The maximum atomic E-state index is 4.80. The van der Waals surface area contributed by atoms with Crippen LogP contribution in [0, 0.1) is 5.92 Å². The van der Waals surface area contributed by atoms with Crippen molar-refractivity contribution in [3.05, 3.63) is 18.0 Å². The van der Waals surface area contributed by atoms with Gasteiger partial charge >= 0.3 is 0 Å². The minimum absolute atomic E-state index is 0.586. The summed E-state index contributed by atoms with van der Waals surface area (Å²) in [6.45, 7) is 7.85. The summed E-state index contributed by atoms with van der Waals surface area (Å²) in [5, 5.41) is 8.31. The van der Waals surface area contributed by atoms with E-state index in [9.17, 15) is 0 Å². The highest BCUT2D eigenvalue weighted by Gasteiger charge is 2.16. The molecule has 1 unspecified atom stereocenters. The maximum Gasteiger partial charge on any atom is 0.0624 e. The first-order valence-electron chi connectivity index (χ1n) is 8.42. The van der Waals surface area contributed by atoms with Gasteiger partial charge in [-0.1, -0.05) is 40.0 Å². The van der Waals surface area contributed by atoms with Crippen LogP contribution in [-0.4, -0.2) is 22.4 Å². The van der Waals surface area contributed by atoms with Gasteiger partial charge in [-0.2, -0.15) is 5.10 Å². The van der Waals surface area contributed by atoms with Crippen LogP contribution < -0.4 is 5.32 Å². The van der Waals surface area contributed by atoms with E-state index in [4.69, 9.17) is 5.10 Å². The third-order valence-electron chi connectivity index (χ3n) is 4.38. The minimum atomic E-state index is 0.586. The highest BCUT2D eigenvalue weighted by atomic mass is 15.3. The highest BCUT2D eigenvalue weighted by molar-refractivity contribution is 5.00. The first-order chi connectivity index (χ1) is 9.65. The summed E-state index contributed by atoms with van der Waals surface area (Å²) in [7, 11) is 0. The molecule has 0 radical (unpaired) electrons. The van der Waals surface area contributed by atoms with Crippen LogP contribution in [0.15, 0.2) is 12.3 Å². The Balaban J connectivity index is 1.74. The molecule has 1 atom stereocenters. The third kappa shape index (κ3) is 4.93. The Morgan fingerprint density at radius 3 is 2.70 bits per heavy atom. The fourth-order valence-electron chi connectivity index (χ4n) is 2.99. The molecule has 1 aliphatic carbocycles. The summed E-state index contributed by atoms with van der Waals surface area (Å²) in [6, 6.07) is 3.47. The number of aryl methyl sites for hydroxylation is 1. The molecule has 0 aromatic carbocycles. The number of nitrogens with one attached hydrogen (secondary N) is 1. The highest BCUT2D eigenvalue weighted by Crippen LogP contribution is 2.27. The molecule has 3 heteroatoms. The molecule has 1 N–H and O–H groups in total. The molecule has 1 aromatic rings. The number of nitrogens with zero attached hydrogens (tertiary/aromatic N) is 2. The van der Waals surface area contributed by atoms with Gasteiger partial charge in [0.2, 0.25) is 0 Å². The Morgan fingerprint density at radius 2 is 2.00 bits per heavy atom. The van der Waals surface area contributed by atoms with Gasteiger partial charge in [-0.3, -0.25) is 4.68 Å². The lowest BCUT2D eigenvalue weighted by atomic mass is 9.96. The minimum Gasteiger partial charge on any atom is -0.314 e. The van der Waals surface area contributed by atoms with Gasteiger partial charge in [0.25, 0.3) is 0 Å². The zero-order valence-electron chi connectivity index (χ0n) is 13.4. The summed E-state index contributed by atoms with van der Waals surface area (Å²) >= 11 is 0. The molecule has 20 heavy (non-hydrogen) atoms. The van der Waals surface area contributed by atoms with E-state index in [1.165, 1.54) is 44.2 Å². The van der Waals surface area contributed by atoms with Crippen molar-refractivity contribution in [2.45, 2.75) is 77.8 Å². The Morgan fingerprint density at radius 1 is 1.25 bits per heavy atom. The Kier molecular flexibility index (Phi) is 6.08. The Bertz CT molecular complexity index is 377. The van der Waals surface area contributed by atoms with E-state index in [0.29, 0.717) is 12.1 Å². The van der Waals surface area contributed by atoms with Crippen LogP contribution in [0.3, 0.4) is 0 Å². The van der Waals surface area contributed by atoms with Crippen molar-refractivity contribution in [1.29, 1.82) is 0 Å². The molecule has 1 fully saturated rings. The summed E-state index contributed by atoms with van der Waals surface area (Å²) < 4.78 is 2.23. The van der Waals surface area contributed by atoms with Gasteiger partial charge in [0, 0.05) is 12.2 Å². The van der Waals surface area contributed by atoms with Crippen LogP contribution in [0.4, 0.5) is 0 Å². The van der Waals surface area contributed by atoms with Crippen LogP contribution in [0.2, 0.25) is 0 Å². The van der Waals surface area contributed by atoms with Crippen LogP contribution in [0.1, 0.15) is 71.0 Å². The normalized spacial score (nSPS) is 18.6. The summed E-state index contributed by atoms with van der Waals surface area (Å²) in [5.41, 5.74) is 1.27. The molecule has 2 rings (SSSR count). The lowest BCUT2D eigenvalue weighted by molar-refractivity contribution is 0.327. The molecule has 0 amide bonds. The molecule has 1 aromatic heterocycles. The second-order valence-electron chi connectivity index (χ2n) is 6.79. The molecule has 1 aliphatic rings. The second kappa shape index (κ2) is 7.82. The van der Waals surface area contributed by atoms with Gasteiger partial charge in [0.1, 0.15) is 0 Å². The standard InChI is InChI=1S/C17H31N3/c1-14(2)18-13-15(3)9-10-16-11-12-20(19-16)17-7-5-4-6-8-17/h11-12,14-15,17-18H,4-10,13H2,1-3H3. The molecular weight excluding hydrogens is 246 g/mol. The lowest BCUT2D eigenvalue weighted by Crippen LogP contribution is -2.28. The van der Waals surface area contributed by atoms with E-state index < -0.39 is 0 Å². The zero-order chi connectivity index (χ0) is 14.4. The molecule has 0 aliphatic heterocycles. The Hall–Kier alpha value is -0.830. The van der Waals surface area contributed by atoms with E-state index in [1.54, 1.807) is 0 Å². The van der Waals surface area contributed by atoms with E-state index in [1.807, 2.05) is 0 Å². The van der Waals surface area contributed by atoms with E-state index in [2.05, 4.69) is 43.0 Å². The van der Waals surface area contributed by atoms with Crippen molar-refractivity contribution in [2.24, 2.45) is 5.92 Å². The monoisotopic (exact) mass is 277 g/mol. The molecule has 1 saturated carbocycles. The van der Waals surface area contributed by atoms with Gasteiger partial charge in [0.15, 0.2) is 0 Å². The summed E-state index contributed by atoms with van der Waals surface area (Å²) in [6.07, 6.45) is 11.3. The van der Waals surface area contributed by atoms with Crippen molar-refractivity contribution >= 4 is 0 Å². The van der Waals surface area contributed by atoms with Crippen LogP contribution in [-0.2, 0) is 6.42 Å². The number of aromatic nitrogens is 2. The van der Waals surface area contributed by atoms with Crippen molar-refractivity contribution in [3.8, 4) is 0 Å². The third-order valence-corrected chi connectivity index (χ3v) is 4.38. The average Bonchev–Trinajstić information content (AvgIpc) is 2.93. The first kappa shape index (κ1) is 15.6. The van der Waals surface area contributed by atoms with Crippen LogP contribution in [0.25, 0.3) is 0 Å². The van der Waals surface area contributed by atoms with E-state index >= 15 is 0 Å². The molecular formula is C17H31N3. The second-order valence-corrected chi connectivity index (χ2v) is 6.79. The van der Waals surface area contributed by atoms with Gasteiger partial charge in [0.05, 0.1) is 11.7 Å². The molecule has 0 saturated heterocycles. The predicted octanol–water partition coefficient (Wildman–Crippen LogP) is 3.96. The van der Waals surface area contributed by atoms with Crippen LogP contribution >= 0.6 is 0 Å². The molecule has 0 spiro atoms. The maximum absolute atomic E-state index is 4.80. The average molecular weight is 277 g/mol. The van der Waals surface area contributed by atoms with Gasteiger partial charge in [-0.25, -0.2) is 0 Å². The quantitative estimate of drug-likeness (QED) is 0.817. The van der Waals surface area contributed by atoms with Crippen molar-refractivity contribution in [2.75, 3.05) is 6.54 Å². The molecule has 0 bridgehead atoms. The van der Waals surface area contributed by atoms with E-state index in [-0.39, 0.29) is 0 Å². The zero-order valence-corrected chi connectivity index (χ0v) is 13.4. The first-order valence-corrected chi connectivity index (χ1v) is 8.42. The fraction of sp³-hybridized carbons (Fsp3) is 0.824. The van der Waals surface area contributed by atoms with Crippen LogP contribution in [0.5, 0.6) is 0 Å². The predicted molar refractivity (Wildman–Crippen MR) is 85.0 cm³/mol. The number of rotatable bonds is 7. The molecule has 3 nitrogen and oxygen atoms in total. The smallest absolute Gasteiger partial charge is 0.0624 e. The topological polar surface area (TPSA) is 29.9 Å². The van der Waals surface area contributed by atoms with Crippen molar-refractivity contribution in [3.63, 3.8) is 0 Å². The number of hydrogen-bond donors (Lipinski definition) is 1. The lowest BCUT2D eigenvalue weighted by Gasteiger charge is -2.21. The molecule has 1 heterocycles. The Labute approximate surface area is 124 Å². The summed E-state index contributed by atoms with van der Waals surface area (Å²) in [5.74, 6) is 0.720. The largest absolute Gasteiger partial charge is 0.314 e. The van der Waals surface area contributed by atoms with Gasteiger partial charge in [-0.15, -0.1) is 0 Å². The molecule has 114 valence electrons.